The molecule has 1 aromatic heterocycles. The monoisotopic (exact) mass is 300 g/mol. The topological polar surface area (TPSA) is 51.7 Å². The third-order valence-corrected chi connectivity index (χ3v) is 3.50. The molecule has 0 spiro atoms. The molecule has 2 rings (SSSR count). The number of carbonyl (C=O) groups excluding carboxylic acids is 1. The standard InChI is InChI=1S/C17H20N2O3/c1-12-7-5-6-8-13(12)11-19(2)15-10-9-14(17(20)22-4)16(18-15)21-3/h5-10H,11H2,1-4H3. The Kier molecular flexibility index (Phi) is 4.99. The van der Waals surface area contributed by atoms with Gasteiger partial charge in [-0.15, -0.1) is 0 Å². The summed E-state index contributed by atoms with van der Waals surface area (Å²) < 4.78 is 9.91. The number of nitrogens with zero attached hydrogens (tertiary/aromatic N) is 2. The Hall–Kier alpha value is -2.56. The normalized spacial score (nSPS) is 10.2. The van der Waals surface area contributed by atoms with Crippen molar-refractivity contribution in [2.75, 3.05) is 26.2 Å². The molecule has 5 heteroatoms. The highest BCUT2D eigenvalue weighted by Gasteiger charge is 2.16. The molecule has 2 aromatic rings. The fraction of sp³-hybridized carbons (Fsp3) is 0.294. The summed E-state index contributed by atoms with van der Waals surface area (Å²) in [7, 11) is 4.77. The number of pyridine rings is 1. The van der Waals surface area contributed by atoms with E-state index in [9.17, 15) is 4.79 Å². The van der Waals surface area contributed by atoms with Gasteiger partial charge in [0.25, 0.3) is 0 Å². The van der Waals surface area contributed by atoms with E-state index >= 15 is 0 Å². The summed E-state index contributed by atoms with van der Waals surface area (Å²) in [6.07, 6.45) is 0. The Morgan fingerprint density at radius 2 is 1.91 bits per heavy atom. The van der Waals surface area contributed by atoms with Gasteiger partial charge in [0.2, 0.25) is 5.88 Å². The molecule has 0 N–H and O–H groups in total. The highest BCUT2D eigenvalue weighted by Crippen LogP contribution is 2.22. The quantitative estimate of drug-likeness (QED) is 0.795. The van der Waals surface area contributed by atoms with E-state index in [1.54, 1.807) is 12.1 Å². The lowest BCUT2D eigenvalue weighted by Crippen LogP contribution is -2.19. The first-order valence-electron chi connectivity index (χ1n) is 6.95. The molecular formula is C17H20N2O3. The number of hydrogen-bond acceptors (Lipinski definition) is 5. The molecular weight excluding hydrogens is 280 g/mol. The van der Waals surface area contributed by atoms with Crippen LogP contribution >= 0.6 is 0 Å². The smallest absolute Gasteiger partial charge is 0.343 e. The lowest BCUT2D eigenvalue weighted by molar-refractivity contribution is 0.0596. The summed E-state index contributed by atoms with van der Waals surface area (Å²) in [6.45, 7) is 2.80. The van der Waals surface area contributed by atoms with Crippen molar-refractivity contribution < 1.29 is 14.3 Å². The van der Waals surface area contributed by atoms with Gasteiger partial charge in [-0.05, 0) is 30.2 Å². The third kappa shape index (κ3) is 3.36. The lowest BCUT2D eigenvalue weighted by Gasteiger charge is -2.20. The molecule has 0 saturated heterocycles. The van der Waals surface area contributed by atoms with E-state index in [1.165, 1.54) is 25.3 Å². The van der Waals surface area contributed by atoms with Gasteiger partial charge < -0.3 is 14.4 Å². The number of methoxy groups -OCH3 is 2. The van der Waals surface area contributed by atoms with Crippen molar-refractivity contribution in [1.82, 2.24) is 4.98 Å². The van der Waals surface area contributed by atoms with Crippen molar-refractivity contribution in [2.45, 2.75) is 13.5 Å². The van der Waals surface area contributed by atoms with Crippen molar-refractivity contribution in [2.24, 2.45) is 0 Å². The van der Waals surface area contributed by atoms with E-state index in [1.807, 2.05) is 24.1 Å². The number of anilines is 1. The van der Waals surface area contributed by atoms with Gasteiger partial charge in [0.15, 0.2) is 0 Å². The van der Waals surface area contributed by atoms with Gasteiger partial charge in [0, 0.05) is 13.6 Å². The molecule has 116 valence electrons. The van der Waals surface area contributed by atoms with Crippen LogP contribution in [0.5, 0.6) is 5.88 Å². The van der Waals surface area contributed by atoms with E-state index in [2.05, 4.69) is 24.0 Å². The molecule has 5 nitrogen and oxygen atoms in total. The first-order chi connectivity index (χ1) is 10.6. The Labute approximate surface area is 130 Å². The summed E-state index contributed by atoms with van der Waals surface area (Å²) in [5.74, 6) is 0.534. The molecule has 0 aliphatic heterocycles. The van der Waals surface area contributed by atoms with Crippen LogP contribution in [-0.2, 0) is 11.3 Å². The van der Waals surface area contributed by atoms with Crippen LogP contribution in [0.2, 0.25) is 0 Å². The second kappa shape index (κ2) is 6.93. The molecule has 0 atom stereocenters. The zero-order chi connectivity index (χ0) is 16.1. The minimum Gasteiger partial charge on any atom is -0.480 e. The Morgan fingerprint density at radius 3 is 2.55 bits per heavy atom. The van der Waals surface area contributed by atoms with Crippen LogP contribution in [0.3, 0.4) is 0 Å². The number of benzene rings is 1. The van der Waals surface area contributed by atoms with Crippen molar-refractivity contribution in [1.29, 1.82) is 0 Å². The molecule has 0 aliphatic carbocycles. The van der Waals surface area contributed by atoms with E-state index in [0.717, 1.165) is 12.4 Å². The van der Waals surface area contributed by atoms with Crippen LogP contribution < -0.4 is 9.64 Å². The number of aryl methyl sites for hydroxylation is 1. The fourth-order valence-electron chi connectivity index (χ4n) is 2.19. The van der Waals surface area contributed by atoms with E-state index in [0.29, 0.717) is 5.56 Å². The summed E-state index contributed by atoms with van der Waals surface area (Å²) in [5, 5.41) is 0. The number of esters is 1. The summed E-state index contributed by atoms with van der Waals surface area (Å²) in [6, 6.07) is 11.7. The van der Waals surface area contributed by atoms with Gasteiger partial charge in [0.1, 0.15) is 11.4 Å². The van der Waals surface area contributed by atoms with Crippen molar-refractivity contribution in [3.05, 3.63) is 53.1 Å². The molecule has 0 amide bonds. The second-order valence-electron chi connectivity index (χ2n) is 5.00. The summed E-state index contributed by atoms with van der Waals surface area (Å²) in [5.41, 5.74) is 2.77. The number of rotatable bonds is 5. The Balaban J connectivity index is 2.25. The average molecular weight is 300 g/mol. The van der Waals surface area contributed by atoms with E-state index in [4.69, 9.17) is 9.47 Å². The fourth-order valence-corrected chi connectivity index (χ4v) is 2.19. The molecule has 0 saturated carbocycles. The predicted molar refractivity (Wildman–Crippen MR) is 85.4 cm³/mol. The highest BCUT2D eigenvalue weighted by molar-refractivity contribution is 5.92. The van der Waals surface area contributed by atoms with Crippen LogP contribution in [0.25, 0.3) is 0 Å². The first-order valence-corrected chi connectivity index (χ1v) is 6.95. The average Bonchev–Trinajstić information content (AvgIpc) is 2.55. The van der Waals surface area contributed by atoms with Crippen LogP contribution in [0.15, 0.2) is 36.4 Å². The van der Waals surface area contributed by atoms with E-state index in [-0.39, 0.29) is 5.88 Å². The summed E-state index contributed by atoms with van der Waals surface area (Å²) in [4.78, 5) is 18.0. The minimum absolute atomic E-state index is 0.265. The number of carbonyl (C=O) groups is 1. The van der Waals surface area contributed by atoms with Gasteiger partial charge in [-0.1, -0.05) is 24.3 Å². The van der Waals surface area contributed by atoms with Gasteiger partial charge in [-0.2, -0.15) is 4.98 Å². The highest BCUT2D eigenvalue weighted by atomic mass is 16.5. The molecule has 1 heterocycles. The maximum absolute atomic E-state index is 11.7. The van der Waals surface area contributed by atoms with Crippen molar-refractivity contribution in [3.8, 4) is 5.88 Å². The second-order valence-corrected chi connectivity index (χ2v) is 5.00. The SMILES string of the molecule is COC(=O)c1ccc(N(C)Cc2ccccc2C)nc1OC. The largest absolute Gasteiger partial charge is 0.480 e. The Morgan fingerprint density at radius 1 is 1.18 bits per heavy atom. The zero-order valence-electron chi connectivity index (χ0n) is 13.3. The number of ether oxygens (including phenoxy) is 2. The predicted octanol–water partition coefficient (Wildman–Crippen LogP) is 2.82. The van der Waals surface area contributed by atoms with Gasteiger partial charge in [-0.3, -0.25) is 0 Å². The number of aromatic nitrogens is 1. The third-order valence-electron chi connectivity index (χ3n) is 3.50. The van der Waals surface area contributed by atoms with Crippen LogP contribution in [0, 0.1) is 6.92 Å². The maximum Gasteiger partial charge on any atom is 0.343 e. The summed E-state index contributed by atoms with van der Waals surface area (Å²) >= 11 is 0. The minimum atomic E-state index is -0.461. The lowest BCUT2D eigenvalue weighted by atomic mass is 10.1. The Bertz CT molecular complexity index is 671. The molecule has 0 unspecified atom stereocenters. The molecule has 0 radical (unpaired) electrons. The molecule has 0 aliphatic rings. The molecule has 0 bridgehead atoms. The zero-order valence-corrected chi connectivity index (χ0v) is 13.3. The molecule has 1 aromatic carbocycles. The van der Waals surface area contributed by atoms with Crippen molar-refractivity contribution >= 4 is 11.8 Å². The molecule has 0 fully saturated rings. The van der Waals surface area contributed by atoms with Crippen molar-refractivity contribution in [3.63, 3.8) is 0 Å². The van der Waals surface area contributed by atoms with E-state index < -0.39 is 5.97 Å². The van der Waals surface area contributed by atoms with Gasteiger partial charge in [-0.25, -0.2) is 4.79 Å². The van der Waals surface area contributed by atoms with Gasteiger partial charge >= 0.3 is 5.97 Å². The van der Waals surface area contributed by atoms with Gasteiger partial charge in [0.05, 0.1) is 14.2 Å². The first kappa shape index (κ1) is 15.8. The maximum atomic E-state index is 11.7. The van der Waals surface area contributed by atoms with Crippen LogP contribution in [0.4, 0.5) is 5.82 Å². The molecule has 22 heavy (non-hydrogen) atoms. The van der Waals surface area contributed by atoms with Crippen LogP contribution in [0.1, 0.15) is 21.5 Å². The number of hydrogen-bond donors (Lipinski definition) is 0. The van der Waals surface area contributed by atoms with Crippen LogP contribution in [-0.4, -0.2) is 32.2 Å².